The molecular formula is C31H33NO6. The van der Waals surface area contributed by atoms with Gasteiger partial charge >= 0.3 is 0 Å². The third-order valence-electron chi connectivity index (χ3n) is 6.05. The van der Waals surface area contributed by atoms with E-state index in [9.17, 15) is 14.7 Å². The molecule has 0 bridgehead atoms. The highest BCUT2D eigenvalue weighted by Crippen LogP contribution is 2.41. The van der Waals surface area contributed by atoms with Crippen molar-refractivity contribution in [3.8, 4) is 17.2 Å². The largest absolute Gasteiger partial charge is 0.507 e. The Morgan fingerprint density at radius 2 is 1.45 bits per heavy atom. The average Bonchev–Trinajstić information content (AvgIpc) is 3.13. The van der Waals surface area contributed by atoms with Gasteiger partial charge in [0.05, 0.1) is 30.9 Å². The van der Waals surface area contributed by atoms with Crippen LogP contribution in [0.1, 0.15) is 50.4 Å². The Hall–Kier alpha value is -4.26. The fraction of sp³-hybridized carbons (Fsp3) is 0.290. The van der Waals surface area contributed by atoms with E-state index in [0.717, 1.165) is 5.56 Å². The minimum atomic E-state index is -0.825. The van der Waals surface area contributed by atoms with Gasteiger partial charge in [-0.3, -0.25) is 9.59 Å². The number of hydrogen-bond acceptors (Lipinski definition) is 6. The SMILES string of the molecule is COc1cccc(C2/C(=C(/O)c3cccc(OC(C)C)c3)C(=O)C(=O)N2Cc2cccc(OC(C)C)c2)c1. The Morgan fingerprint density at radius 3 is 2.11 bits per heavy atom. The molecule has 1 amide bonds. The van der Waals surface area contributed by atoms with Crippen LogP contribution in [-0.2, 0) is 16.1 Å². The monoisotopic (exact) mass is 515 g/mol. The lowest BCUT2D eigenvalue weighted by molar-refractivity contribution is -0.140. The van der Waals surface area contributed by atoms with Crippen molar-refractivity contribution in [2.24, 2.45) is 0 Å². The third-order valence-corrected chi connectivity index (χ3v) is 6.05. The van der Waals surface area contributed by atoms with Crippen LogP contribution < -0.4 is 14.2 Å². The van der Waals surface area contributed by atoms with Crippen LogP contribution in [-0.4, -0.2) is 41.0 Å². The summed E-state index contributed by atoms with van der Waals surface area (Å²) in [6, 6.07) is 20.6. The minimum absolute atomic E-state index is 0.00768. The molecule has 0 radical (unpaired) electrons. The number of ketones is 1. The molecule has 3 aromatic rings. The number of hydrogen-bond donors (Lipinski definition) is 1. The summed E-state index contributed by atoms with van der Waals surface area (Å²) in [7, 11) is 1.55. The van der Waals surface area contributed by atoms with E-state index in [2.05, 4.69) is 0 Å². The molecule has 7 heteroatoms. The number of amides is 1. The smallest absolute Gasteiger partial charge is 0.295 e. The van der Waals surface area contributed by atoms with E-state index in [-0.39, 0.29) is 30.1 Å². The minimum Gasteiger partial charge on any atom is -0.507 e. The van der Waals surface area contributed by atoms with Crippen molar-refractivity contribution in [2.45, 2.75) is 52.5 Å². The van der Waals surface area contributed by atoms with Crippen molar-refractivity contribution < 1.29 is 28.9 Å². The van der Waals surface area contributed by atoms with Crippen LogP contribution in [0.2, 0.25) is 0 Å². The van der Waals surface area contributed by atoms with Gasteiger partial charge in [-0.05, 0) is 75.2 Å². The number of methoxy groups -OCH3 is 1. The molecule has 1 aliphatic heterocycles. The summed E-state index contributed by atoms with van der Waals surface area (Å²) in [6.07, 6.45) is -0.0723. The molecule has 1 N–H and O–H groups in total. The molecular weight excluding hydrogens is 482 g/mol. The quantitative estimate of drug-likeness (QED) is 0.217. The van der Waals surface area contributed by atoms with Crippen LogP contribution >= 0.6 is 0 Å². The molecule has 0 spiro atoms. The first-order valence-electron chi connectivity index (χ1n) is 12.6. The summed E-state index contributed by atoms with van der Waals surface area (Å²) >= 11 is 0. The first-order valence-corrected chi connectivity index (χ1v) is 12.6. The fourth-order valence-electron chi connectivity index (χ4n) is 4.53. The normalized spacial score (nSPS) is 16.8. The van der Waals surface area contributed by atoms with Crippen molar-refractivity contribution in [2.75, 3.05) is 7.11 Å². The molecule has 1 atom stereocenters. The first kappa shape index (κ1) is 26.8. The van der Waals surface area contributed by atoms with Crippen LogP contribution in [0, 0.1) is 0 Å². The Kier molecular flexibility index (Phi) is 8.05. The molecule has 4 rings (SSSR count). The molecule has 1 fully saturated rings. The van der Waals surface area contributed by atoms with Gasteiger partial charge in [-0.1, -0.05) is 36.4 Å². The van der Waals surface area contributed by atoms with Gasteiger partial charge in [0, 0.05) is 12.1 Å². The van der Waals surface area contributed by atoms with Crippen LogP contribution in [0.25, 0.3) is 5.76 Å². The lowest BCUT2D eigenvalue weighted by Crippen LogP contribution is -2.29. The molecule has 1 saturated heterocycles. The standard InChI is InChI=1S/C31H33NO6/c1-19(2)37-25-13-6-9-21(15-25)18-32-28(22-10-7-12-24(16-22)36-5)27(30(34)31(32)35)29(33)23-11-8-14-26(17-23)38-20(3)4/h6-17,19-20,28,33H,18H2,1-5H3/b29-27-. The molecule has 38 heavy (non-hydrogen) atoms. The van der Waals surface area contributed by atoms with Crippen LogP contribution in [0.5, 0.6) is 17.2 Å². The Morgan fingerprint density at radius 1 is 0.842 bits per heavy atom. The average molecular weight is 516 g/mol. The van der Waals surface area contributed by atoms with Gasteiger partial charge in [-0.15, -0.1) is 0 Å². The third kappa shape index (κ3) is 5.83. The summed E-state index contributed by atoms with van der Waals surface area (Å²) in [4.78, 5) is 28.3. The highest BCUT2D eigenvalue weighted by molar-refractivity contribution is 6.46. The molecule has 0 aromatic heterocycles. The highest BCUT2D eigenvalue weighted by Gasteiger charge is 2.46. The topological polar surface area (TPSA) is 85.3 Å². The van der Waals surface area contributed by atoms with E-state index >= 15 is 0 Å². The maximum absolute atomic E-state index is 13.4. The van der Waals surface area contributed by atoms with Crippen molar-refractivity contribution in [3.63, 3.8) is 0 Å². The van der Waals surface area contributed by atoms with Crippen LogP contribution in [0.4, 0.5) is 0 Å². The van der Waals surface area contributed by atoms with E-state index in [1.807, 2.05) is 58.0 Å². The maximum atomic E-state index is 13.4. The molecule has 198 valence electrons. The van der Waals surface area contributed by atoms with Crippen LogP contribution in [0.3, 0.4) is 0 Å². The van der Waals surface area contributed by atoms with Gasteiger partial charge in [0.1, 0.15) is 23.0 Å². The summed E-state index contributed by atoms with van der Waals surface area (Å²) in [6.45, 7) is 7.84. The number of carbonyl (C=O) groups is 2. The molecule has 7 nitrogen and oxygen atoms in total. The van der Waals surface area contributed by atoms with E-state index in [1.165, 1.54) is 4.90 Å². The number of rotatable bonds is 9. The molecule has 1 aliphatic rings. The number of Topliss-reactive ketones (excluding diaryl/α,β-unsaturated/α-hetero) is 1. The number of likely N-dealkylation sites (tertiary alicyclic amines) is 1. The second kappa shape index (κ2) is 11.4. The molecule has 0 aliphatic carbocycles. The van der Waals surface area contributed by atoms with Gasteiger partial charge in [-0.25, -0.2) is 0 Å². The Balaban J connectivity index is 1.82. The maximum Gasteiger partial charge on any atom is 0.295 e. The summed E-state index contributed by atoms with van der Waals surface area (Å²) in [5.74, 6) is 0.105. The number of benzene rings is 3. The predicted molar refractivity (Wildman–Crippen MR) is 145 cm³/mol. The lowest BCUT2D eigenvalue weighted by atomic mass is 9.95. The molecule has 1 unspecified atom stereocenters. The number of aliphatic hydroxyl groups is 1. The van der Waals surface area contributed by atoms with Gasteiger partial charge in [-0.2, -0.15) is 0 Å². The van der Waals surface area contributed by atoms with Crippen molar-refractivity contribution in [3.05, 3.63) is 95.1 Å². The van der Waals surface area contributed by atoms with Gasteiger partial charge in [0.25, 0.3) is 11.7 Å². The van der Waals surface area contributed by atoms with Gasteiger partial charge in [0.2, 0.25) is 0 Å². The lowest BCUT2D eigenvalue weighted by Gasteiger charge is -2.26. The molecule has 3 aromatic carbocycles. The number of aliphatic hydroxyl groups excluding tert-OH is 1. The van der Waals surface area contributed by atoms with E-state index in [1.54, 1.807) is 49.6 Å². The fourth-order valence-corrected chi connectivity index (χ4v) is 4.53. The highest BCUT2D eigenvalue weighted by atomic mass is 16.5. The first-order chi connectivity index (χ1) is 18.2. The van der Waals surface area contributed by atoms with Crippen molar-refractivity contribution in [1.82, 2.24) is 4.90 Å². The van der Waals surface area contributed by atoms with Crippen molar-refractivity contribution in [1.29, 1.82) is 0 Å². The summed E-state index contributed by atoms with van der Waals surface area (Å²) in [5.41, 5.74) is 1.85. The number of ether oxygens (including phenoxy) is 3. The zero-order valence-electron chi connectivity index (χ0n) is 22.3. The van der Waals surface area contributed by atoms with Gasteiger partial charge < -0.3 is 24.2 Å². The zero-order chi connectivity index (χ0) is 27.4. The van der Waals surface area contributed by atoms with Crippen molar-refractivity contribution >= 4 is 17.4 Å². The second-order valence-electron chi connectivity index (χ2n) is 9.71. The molecule has 1 heterocycles. The second-order valence-corrected chi connectivity index (χ2v) is 9.71. The predicted octanol–water partition coefficient (Wildman–Crippen LogP) is 5.89. The van der Waals surface area contributed by atoms with E-state index < -0.39 is 17.7 Å². The van der Waals surface area contributed by atoms with E-state index in [4.69, 9.17) is 14.2 Å². The number of nitrogens with zero attached hydrogens (tertiary/aromatic N) is 1. The number of carbonyl (C=O) groups excluding carboxylic acids is 2. The van der Waals surface area contributed by atoms with E-state index in [0.29, 0.717) is 28.4 Å². The Labute approximate surface area is 223 Å². The summed E-state index contributed by atoms with van der Waals surface area (Å²) in [5, 5.41) is 11.4. The van der Waals surface area contributed by atoms with Crippen LogP contribution in [0.15, 0.2) is 78.4 Å². The molecule has 0 saturated carbocycles. The zero-order valence-corrected chi connectivity index (χ0v) is 22.3. The Bertz CT molecular complexity index is 1360. The summed E-state index contributed by atoms with van der Waals surface area (Å²) < 4.78 is 17.0. The van der Waals surface area contributed by atoms with Gasteiger partial charge in [0.15, 0.2) is 0 Å².